The molecule has 2 aromatic heterocycles. The molecule has 0 radical (unpaired) electrons. The Morgan fingerprint density at radius 2 is 2.24 bits per heavy atom. The lowest BCUT2D eigenvalue weighted by Crippen LogP contribution is -2.30. The van der Waals surface area contributed by atoms with Crippen LogP contribution in [-0.4, -0.2) is 30.6 Å². The number of aliphatic carboxylic acids is 1. The minimum absolute atomic E-state index is 0.391. The number of nitrogens with zero attached hydrogens (tertiary/aromatic N) is 4. The first kappa shape index (κ1) is 11.1. The quantitative estimate of drug-likeness (QED) is 0.811. The van der Waals surface area contributed by atoms with Crippen molar-refractivity contribution in [3.05, 3.63) is 40.9 Å². The van der Waals surface area contributed by atoms with E-state index in [2.05, 4.69) is 10.2 Å². The molecule has 88 valence electrons. The van der Waals surface area contributed by atoms with Crippen LogP contribution >= 0.6 is 0 Å². The first-order valence-corrected chi connectivity index (χ1v) is 4.92. The van der Waals surface area contributed by atoms with Gasteiger partial charge < -0.3 is 5.11 Å². The zero-order valence-corrected chi connectivity index (χ0v) is 9.02. The summed E-state index contributed by atoms with van der Waals surface area (Å²) >= 11 is 0. The van der Waals surface area contributed by atoms with Crippen molar-refractivity contribution in [2.75, 3.05) is 0 Å². The van der Waals surface area contributed by atoms with Crippen LogP contribution in [0, 0.1) is 0 Å². The van der Waals surface area contributed by atoms with E-state index in [1.54, 1.807) is 18.5 Å². The molecule has 0 aliphatic carbocycles. The van der Waals surface area contributed by atoms with Crippen LogP contribution in [-0.2, 0) is 4.79 Å². The molecule has 1 N–H and O–H groups in total. The number of carboxylic acid groups (broad SMARTS) is 1. The normalized spacial score (nSPS) is 12.3. The lowest BCUT2D eigenvalue weighted by molar-refractivity contribution is -0.140. The Morgan fingerprint density at radius 3 is 2.82 bits per heavy atom. The molecule has 0 fully saturated rings. The van der Waals surface area contributed by atoms with E-state index in [0.717, 1.165) is 4.68 Å². The van der Waals surface area contributed by atoms with Crippen molar-refractivity contribution in [3.8, 4) is 5.82 Å². The van der Waals surface area contributed by atoms with Gasteiger partial charge in [-0.05, 0) is 19.1 Å². The summed E-state index contributed by atoms with van der Waals surface area (Å²) in [6, 6.07) is 3.44. The van der Waals surface area contributed by atoms with Gasteiger partial charge in [0.05, 0.1) is 0 Å². The second-order valence-corrected chi connectivity index (χ2v) is 3.44. The van der Waals surface area contributed by atoms with Crippen LogP contribution in [0.15, 0.2) is 35.4 Å². The van der Waals surface area contributed by atoms with Crippen molar-refractivity contribution in [2.24, 2.45) is 0 Å². The fourth-order valence-electron chi connectivity index (χ4n) is 1.32. The average molecular weight is 234 g/mol. The molecule has 2 rings (SSSR count). The molecule has 0 saturated carbocycles. The largest absolute Gasteiger partial charge is 0.480 e. The minimum atomic E-state index is -1.11. The Balaban J connectivity index is 2.50. The van der Waals surface area contributed by atoms with Gasteiger partial charge in [0.2, 0.25) is 0 Å². The van der Waals surface area contributed by atoms with Crippen molar-refractivity contribution in [2.45, 2.75) is 13.0 Å². The van der Waals surface area contributed by atoms with Gasteiger partial charge in [-0.3, -0.25) is 4.79 Å². The fraction of sp³-hybridized carbons (Fsp3) is 0.200. The molecule has 0 aliphatic heterocycles. The topological polar surface area (TPSA) is 90.0 Å². The van der Waals surface area contributed by atoms with Crippen LogP contribution in [0.1, 0.15) is 13.0 Å². The van der Waals surface area contributed by atoms with Gasteiger partial charge in [0, 0.05) is 18.5 Å². The fourth-order valence-corrected chi connectivity index (χ4v) is 1.32. The first-order valence-electron chi connectivity index (χ1n) is 4.92. The molecular weight excluding hydrogens is 224 g/mol. The van der Waals surface area contributed by atoms with Crippen molar-refractivity contribution in [1.82, 2.24) is 19.6 Å². The predicted molar refractivity (Wildman–Crippen MR) is 58.0 cm³/mol. The molecule has 7 heteroatoms. The third kappa shape index (κ3) is 2.07. The Bertz CT molecular complexity index is 588. The Hall–Kier alpha value is -2.44. The van der Waals surface area contributed by atoms with Gasteiger partial charge in [0.25, 0.3) is 5.56 Å². The Labute approximate surface area is 95.9 Å². The van der Waals surface area contributed by atoms with Gasteiger partial charge in [0.15, 0.2) is 11.9 Å². The molecule has 2 heterocycles. The van der Waals surface area contributed by atoms with E-state index >= 15 is 0 Å². The molecular formula is C10H10N4O3. The smallest absolute Gasteiger partial charge is 0.328 e. The highest BCUT2D eigenvalue weighted by Crippen LogP contribution is 2.03. The molecule has 7 nitrogen and oxygen atoms in total. The molecule has 0 spiro atoms. The zero-order valence-electron chi connectivity index (χ0n) is 9.02. The summed E-state index contributed by atoms with van der Waals surface area (Å²) in [7, 11) is 0. The number of hydrogen-bond donors (Lipinski definition) is 1. The second-order valence-electron chi connectivity index (χ2n) is 3.44. The van der Waals surface area contributed by atoms with E-state index in [0.29, 0.717) is 5.82 Å². The summed E-state index contributed by atoms with van der Waals surface area (Å²) in [5.41, 5.74) is -0.462. The third-order valence-corrected chi connectivity index (χ3v) is 2.27. The average Bonchev–Trinajstić information content (AvgIpc) is 2.82. The maximum absolute atomic E-state index is 11.5. The summed E-state index contributed by atoms with van der Waals surface area (Å²) in [5.74, 6) is -0.722. The summed E-state index contributed by atoms with van der Waals surface area (Å²) in [6.45, 7) is 1.39. The highest BCUT2D eigenvalue weighted by atomic mass is 16.4. The number of carboxylic acids is 1. The highest BCUT2D eigenvalue weighted by molar-refractivity contribution is 5.71. The van der Waals surface area contributed by atoms with Crippen LogP contribution in [0.5, 0.6) is 0 Å². The molecule has 0 amide bonds. The predicted octanol–water partition coefficient (Wildman–Crippen LogP) is 0.0746. The summed E-state index contributed by atoms with van der Waals surface area (Å²) < 4.78 is 2.36. The van der Waals surface area contributed by atoms with E-state index in [1.165, 1.54) is 23.7 Å². The van der Waals surface area contributed by atoms with E-state index in [4.69, 9.17) is 5.11 Å². The zero-order chi connectivity index (χ0) is 12.4. The first-order chi connectivity index (χ1) is 8.09. The second kappa shape index (κ2) is 4.20. The Morgan fingerprint density at radius 1 is 1.47 bits per heavy atom. The summed E-state index contributed by atoms with van der Waals surface area (Å²) in [6.07, 6.45) is 3.22. The van der Waals surface area contributed by atoms with Crippen LogP contribution in [0.25, 0.3) is 5.82 Å². The number of rotatable bonds is 3. The lowest BCUT2D eigenvalue weighted by Gasteiger charge is -2.10. The van der Waals surface area contributed by atoms with Crippen molar-refractivity contribution >= 4 is 5.97 Å². The molecule has 0 saturated heterocycles. The van der Waals surface area contributed by atoms with E-state index in [1.807, 2.05) is 0 Å². The monoisotopic (exact) mass is 234 g/mol. The highest BCUT2D eigenvalue weighted by Gasteiger charge is 2.16. The molecule has 0 aromatic carbocycles. The van der Waals surface area contributed by atoms with E-state index < -0.39 is 17.6 Å². The molecule has 0 unspecified atom stereocenters. The summed E-state index contributed by atoms with van der Waals surface area (Å²) in [4.78, 5) is 22.3. The van der Waals surface area contributed by atoms with Crippen molar-refractivity contribution < 1.29 is 9.90 Å². The van der Waals surface area contributed by atoms with Crippen molar-refractivity contribution in [3.63, 3.8) is 0 Å². The maximum Gasteiger partial charge on any atom is 0.328 e. The molecule has 0 aliphatic rings. The summed E-state index contributed by atoms with van der Waals surface area (Å²) in [5, 5.41) is 16.8. The van der Waals surface area contributed by atoms with E-state index in [-0.39, 0.29) is 0 Å². The standard InChI is InChI=1S/C10H10N4O3/c1-7(10(16)17)14-9(15)4-3-8(12-14)13-6-2-5-11-13/h2-7H,1H3,(H,16,17)/t7-/m1/s1. The molecule has 2 aromatic rings. The van der Waals surface area contributed by atoms with Crippen LogP contribution in [0.4, 0.5) is 0 Å². The van der Waals surface area contributed by atoms with Crippen LogP contribution in [0.2, 0.25) is 0 Å². The molecule has 0 bridgehead atoms. The van der Waals surface area contributed by atoms with Gasteiger partial charge in [-0.2, -0.15) is 5.10 Å². The van der Waals surface area contributed by atoms with Gasteiger partial charge in [-0.1, -0.05) is 0 Å². The van der Waals surface area contributed by atoms with Gasteiger partial charge in [0.1, 0.15) is 0 Å². The van der Waals surface area contributed by atoms with Gasteiger partial charge >= 0.3 is 5.97 Å². The van der Waals surface area contributed by atoms with Gasteiger partial charge in [-0.25, -0.2) is 14.2 Å². The third-order valence-electron chi connectivity index (χ3n) is 2.27. The lowest BCUT2D eigenvalue weighted by atomic mass is 10.3. The minimum Gasteiger partial charge on any atom is -0.480 e. The molecule has 1 atom stereocenters. The maximum atomic E-state index is 11.5. The van der Waals surface area contributed by atoms with Crippen molar-refractivity contribution in [1.29, 1.82) is 0 Å². The number of hydrogen-bond acceptors (Lipinski definition) is 4. The van der Waals surface area contributed by atoms with Crippen LogP contribution < -0.4 is 5.56 Å². The number of carbonyl (C=O) groups is 1. The van der Waals surface area contributed by atoms with Gasteiger partial charge in [-0.15, -0.1) is 5.10 Å². The Kier molecular flexibility index (Phi) is 2.73. The molecule has 17 heavy (non-hydrogen) atoms. The SMILES string of the molecule is C[C@H](C(=O)O)n1nc(-n2cccn2)ccc1=O. The van der Waals surface area contributed by atoms with Crippen LogP contribution in [0.3, 0.4) is 0 Å². The number of aromatic nitrogens is 4. The van der Waals surface area contributed by atoms with E-state index in [9.17, 15) is 9.59 Å².